The van der Waals surface area contributed by atoms with Crippen LogP contribution in [0.4, 0.5) is 19.1 Å². The van der Waals surface area contributed by atoms with E-state index in [0.29, 0.717) is 48.8 Å². The van der Waals surface area contributed by atoms with Crippen LogP contribution in [0.1, 0.15) is 15.9 Å². The summed E-state index contributed by atoms with van der Waals surface area (Å²) in [6.07, 6.45) is -1.03. The summed E-state index contributed by atoms with van der Waals surface area (Å²) in [4.78, 5) is 25.4. The molecule has 0 unspecified atom stereocenters. The second-order valence-electron chi connectivity index (χ2n) is 6.95. The van der Waals surface area contributed by atoms with Crippen molar-refractivity contribution < 1.29 is 18.0 Å². The van der Waals surface area contributed by atoms with Crippen molar-refractivity contribution in [1.29, 1.82) is 0 Å². The lowest BCUT2D eigenvalue weighted by Crippen LogP contribution is -2.49. The monoisotopic (exact) mass is 412 g/mol. The molecule has 0 atom stereocenters. The molecular formula is C22H19F3N4O. The highest BCUT2D eigenvalue weighted by Crippen LogP contribution is 2.32. The van der Waals surface area contributed by atoms with Crippen LogP contribution in [0.2, 0.25) is 0 Å². The van der Waals surface area contributed by atoms with Crippen LogP contribution < -0.4 is 4.90 Å². The van der Waals surface area contributed by atoms with Gasteiger partial charge in [-0.15, -0.1) is 0 Å². The van der Waals surface area contributed by atoms with Crippen LogP contribution in [-0.4, -0.2) is 47.0 Å². The molecule has 5 nitrogen and oxygen atoms in total. The van der Waals surface area contributed by atoms with Crippen molar-refractivity contribution in [2.24, 2.45) is 0 Å². The lowest BCUT2D eigenvalue weighted by atomic mass is 9.97. The van der Waals surface area contributed by atoms with Gasteiger partial charge in [0.2, 0.25) is 5.95 Å². The molecule has 1 saturated heterocycles. The van der Waals surface area contributed by atoms with Gasteiger partial charge < -0.3 is 9.80 Å². The van der Waals surface area contributed by atoms with Gasteiger partial charge in [-0.3, -0.25) is 4.79 Å². The normalized spacial score (nSPS) is 14.6. The summed E-state index contributed by atoms with van der Waals surface area (Å²) in [5.41, 5.74) is 0.948. The van der Waals surface area contributed by atoms with Crippen molar-refractivity contribution in [3.05, 3.63) is 78.1 Å². The molecule has 4 rings (SSSR count). The van der Waals surface area contributed by atoms with Crippen LogP contribution >= 0.6 is 0 Å². The second kappa shape index (κ2) is 8.14. The molecule has 0 spiro atoms. The molecule has 30 heavy (non-hydrogen) atoms. The van der Waals surface area contributed by atoms with Gasteiger partial charge in [0.1, 0.15) is 0 Å². The van der Waals surface area contributed by atoms with Gasteiger partial charge in [0.25, 0.3) is 5.91 Å². The first-order valence-electron chi connectivity index (χ1n) is 9.51. The van der Waals surface area contributed by atoms with E-state index < -0.39 is 11.7 Å². The molecule has 0 saturated carbocycles. The number of halogens is 3. The zero-order valence-electron chi connectivity index (χ0n) is 16.0. The van der Waals surface area contributed by atoms with Crippen molar-refractivity contribution in [1.82, 2.24) is 14.9 Å². The van der Waals surface area contributed by atoms with E-state index in [9.17, 15) is 18.0 Å². The van der Waals surface area contributed by atoms with Crippen LogP contribution in [0.15, 0.2) is 67.0 Å². The third-order valence-corrected chi connectivity index (χ3v) is 5.08. The highest BCUT2D eigenvalue weighted by Gasteiger charge is 2.30. The first kappa shape index (κ1) is 19.9. The number of carbonyl (C=O) groups excluding carboxylic acids is 1. The van der Waals surface area contributed by atoms with E-state index in [1.165, 1.54) is 12.1 Å². The molecule has 1 amide bonds. The third-order valence-electron chi connectivity index (χ3n) is 5.08. The molecule has 0 aliphatic carbocycles. The Kier molecular flexibility index (Phi) is 5.39. The Morgan fingerprint density at radius 2 is 1.47 bits per heavy atom. The lowest BCUT2D eigenvalue weighted by Gasteiger charge is -2.35. The minimum Gasteiger partial charge on any atom is -0.337 e. The van der Waals surface area contributed by atoms with E-state index in [1.54, 1.807) is 47.6 Å². The topological polar surface area (TPSA) is 49.3 Å². The van der Waals surface area contributed by atoms with Crippen molar-refractivity contribution >= 4 is 11.9 Å². The number of hydrogen-bond donors (Lipinski definition) is 0. The van der Waals surface area contributed by atoms with Crippen molar-refractivity contribution in [2.75, 3.05) is 31.1 Å². The molecule has 2 aromatic carbocycles. The maximum absolute atomic E-state index is 13.2. The molecule has 0 N–H and O–H groups in total. The SMILES string of the molecule is O=C(c1ccccc1-c1ccc(C(F)(F)F)cc1)N1CCN(c2ncccn2)CC1. The number of rotatable bonds is 3. The highest BCUT2D eigenvalue weighted by molar-refractivity contribution is 6.01. The van der Waals surface area contributed by atoms with E-state index in [1.807, 2.05) is 4.90 Å². The molecule has 1 fully saturated rings. The smallest absolute Gasteiger partial charge is 0.337 e. The molecule has 154 valence electrons. The van der Waals surface area contributed by atoms with Gasteiger partial charge in [-0.25, -0.2) is 9.97 Å². The Bertz CT molecular complexity index is 1010. The Labute approximate surface area is 171 Å². The number of nitrogens with zero attached hydrogens (tertiary/aromatic N) is 4. The predicted octanol–water partition coefficient (Wildman–Crippen LogP) is 4.12. The maximum atomic E-state index is 13.2. The third kappa shape index (κ3) is 4.12. The summed E-state index contributed by atoms with van der Waals surface area (Å²) < 4.78 is 38.6. The Balaban J connectivity index is 1.52. The summed E-state index contributed by atoms with van der Waals surface area (Å²) >= 11 is 0. The summed E-state index contributed by atoms with van der Waals surface area (Å²) in [5, 5.41) is 0. The zero-order chi connectivity index (χ0) is 21.1. The number of alkyl halides is 3. The largest absolute Gasteiger partial charge is 0.416 e. The first-order valence-corrected chi connectivity index (χ1v) is 9.51. The van der Waals surface area contributed by atoms with Crippen molar-refractivity contribution in [3.63, 3.8) is 0 Å². The van der Waals surface area contributed by atoms with Crippen molar-refractivity contribution in [3.8, 4) is 11.1 Å². The predicted molar refractivity (Wildman–Crippen MR) is 107 cm³/mol. The molecule has 0 bridgehead atoms. The molecule has 2 heterocycles. The van der Waals surface area contributed by atoms with Crippen molar-refractivity contribution in [2.45, 2.75) is 6.18 Å². The van der Waals surface area contributed by atoms with E-state index in [2.05, 4.69) is 9.97 Å². The van der Waals surface area contributed by atoms with Gasteiger partial charge >= 0.3 is 6.18 Å². The molecular weight excluding hydrogens is 393 g/mol. The van der Waals surface area contributed by atoms with E-state index in [0.717, 1.165) is 12.1 Å². The number of anilines is 1. The highest BCUT2D eigenvalue weighted by atomic mass is 19.4. The number of piperazine rings is 1. The Morgan fingerprint density at radius 3 is 2.10 bits per heavy atom. The van der Waals surface area contributed by atoms with Gasteiger partial charge in [-0.1, -0.05) is 30.3 Å². The summed E-state index contributed by atoms with van der Waals surface area (Å²) in [6.45, 7) is 2.24. The Morgan fingerprint density at radius 1 is 0.833 bits per heavy atom. The number of carbonyl (C=O) groups is 1. The quantitative estimate of drug-likeness (QED) is 0.649. The minimum atomic E-state index is -4.39. The average molecular weight is 412 g/mol. The van der Waals surface area contributed by atoms with Crippen LogP contribution in [0.25, 0.3) is 11.1 Å². The van der Waals surface area contributed by atoms with E-state index in [-0.39, 0.29) is 5.91 Å². The molecule has 8 heteroatoms. The number of amides is 1. The fourth-order valence-corrected chi connectivity index (χ4v) is 3.49. The first-order chi connectivity index (χ1) is 14.4. The maximum Gasteiger partial charge on any atom is 0.416 e. The standard InChI is InChI=1S/C22H19F3N4O/c23-22(24,25)17-8-6-16(7-9-17)18-4-1-2-5-19(18)20(30)28-12-14-29(15-13-28)21-26-10-3-11-27-21/h1-11H,12-15H2. The molecule has 1 aliphatic rings. The van der Waals surface area contributed by atoms with Crippen LogP contribution in [0.3, 0.4) is 0 Å². The minimum absolute atomic E-state index is 0.140. The van der Waals surface area contributed by atoms with Gasteiger partial charge in [0, 0.05) is 44.1 Å². The molecule has 1 aliphatic heterocycles. The molecule has 3 aromatic rings. The van der Waals surface area contributed by atoms with Crippen LogP contribution in [-0.2, 0) is 6.18 Å². The van der Waals surface area contributed by atoms with Gasteiger partial charge in [-0.2, -0.15) is 13.2 Å². The van der Waals surface area contributed by atoms with Gasteiger partial charge in [-0.05, 0) is 35.4 Å². The van der Waals surface area contributed by atoms with Gasteiger partial charge in [0.15, 0.2) is 0 Å². The van der Waals surface area contributed by atoms with E-state index in [4.69, 9.17) is 0 Å². The Hall–Kier alpha value is -3.42. The lowest BCUT2D eigenvalue weighted by molar-refractivity contribution is -0.137. The van der Waals surface area contributed by atoms with Crippen LogP contribution in [0, 0.1) is 0 Å². The van der Waals surface area contributed by atoms with Gasteiger partial charge in [0.05, 0.1) is 5.56 Å². The fraction of sp³-hybridized carbons (Fsp3) is 0.227. The molecule has 0 radical (unpaired) electrons. The average Bonchev–Trinajstić information content (AvgIpc) is 2.79. The summed E-state index contributed by atoms with van der Waals surface area (Å²) in [7, 11) is 0. The second-order valence-corrected chi connectivity index (χ2v) is 6.95. The molecule has 1 aromatic heterocycles. The van der Waals surface area contributed by atoms with Crippen LogP contribution in [0.5, 0.6) is 0 Å². The number of hydrogen-bond acceptors (Lipinski definition) is 4. The zero-order valence-corrected chi connectivity index (χ0v) is 16.0. The number of aromatic nitrogens is 2. The summed E-state index contributed by atoms with van der Waals surface area (Å²) in [6, 6.07) is 13.6. The number of benzene rings is 2. The fourth-order valence-electron chi connectivity index (χ4n) is 3.49. The van der Waals surface area contributed by atoms with E-state index >= 15 is 0 Å². The summed E-state index contributed by atoms with van der Waals surface area (Å²) in [5.74, 6) is 0.494.